The highest BCUT2D eigenvalue weighted by Crippen LogP contribution is 2.26. The minimum atomic E-state index is -0.229. The summed E-state index contributed by atoms with van der Waals surface area (Å²) in [6.45, 7) is 1.95. The second-order valence-corrected chi connectivity index (χ2v) is 8.74. The first-order valence-electron chi connectivity index (χ1n) is 9.81. The molecule has 0 aliphatic heterocycles. The van der Waals surface area contributed by atoms with E-state index in [2.05, 4.69) is 31.3 Å². The molecule has 0 saturated heterocycles. The van der Waals surface area contributed by atoms with Crippen molar-refractivity contribution in [1.82, 2.24) is 20.1 Å². The summed E-state index contributed by atoms with van der Waals surface area (Å²) in [6.07, 6.45) is 5.57. The SMILES string of the molecule is Cc1ccc(-n2nc(C(=O)NC3CCCCC3)nc2-c2ccc(Br)cc2)cc1Cl. The molecular weight excluding hydrogens is 452 g/mol. The third-order valence-corrected chi connectivity index (χ3v) is 6.19. The van der Waals surface area contributed by atoms with Gasteiger partial charge in [0.15, 0.2) is 5.82 Å². The van der Waals surface area contributed by atoms with Crippen LogP contribution in [0.4, 0.5) is 0 Å². The number of hydrogen-bond donors (Lipinski definition) is 1. The zero-order valence-corrected chi connectivity index (χ0v) is 18.5. The van der Waals surface area contributed by atoms with Crippen LogP contribution in [0.3, 0.4) is 0 Å². The van der Waals surface area contributed by atoms with Crippen molar-refractivity contribution in [1.29, 1.82) is 0 Å². The van der Waals surface area contributed by atoms with E-state index in [1.54, 1.807) is 4.68 Å². The summed E-state index contributed by atoms with van der Waals surface area (Å²) in [5, 5.41) is 8.28. The molecular formula is C22H22BrClN4O. The molecule has 1 N–H and O–H groups in total. The Balaban J connectivity index is 1.72. The third-order valence-electron chi connectivity index (χ3n) is 5.25. The van der Waals surface area contributed by atoms with Gasteiger partial charge in [-0.25, -0.2) is 9.67 Å². The number of nitrogens with one attached hydrogen (secondary N) is 1. The molecule has 0 radical (unpaired) electrons. The van der Waals surface area contributed by atoms with Crippen LogP contribution < -0.4 is 5.32 Å². The van der Waals surface area contributed by atoms with Crippen LogP contribution in [0.2, 0.25) is 5.02 Å². The maximum absolute atomic E-state index is 12.8. The van der Waals surface area contributed by atoms with Gasteiger partial charge < -0.3 is 5.32 Å². The van der Waals surface area contributed by atoms with Crippen LogP contribution in [0.1, 0.15) is 48.3 Å². The number of benzene rings is 2. The average molecular weight is 474 g/mol. The van der Waals surface area contributed by atoms with E-state index in [1.165, 1.54) is 6.42 Å². The first kappa shape index (κ1) is 20.1. The molecule has 0 unspecified atom stereocenters. The van der Waals surface area contributed by atoms with Crippen molar-refractivity contribution in [3.05, 3.63) is 63.3 Å². The Morgan fingerprint density at radius 1 is 1.14 bits per heavy atom. The van der Waals surface area contributed by atoms with Gasteiger partial charge in [0, 0.05) is 21.1 Å². The minimum Gasteiger partial charge on any atom is -0.347 e. The molecule has 1 aliphatic carbocycles. The van der Waals surface area contributed by atoms with Gasteiger partial charge in [0.05, 0.1) is 5.69 Å². The predicted octanol–water partition coefficient (Wildman–Crippen LogP) is 5.72. The number of aryl methyl sites for hydroxylation is 1. The molecule has 0 atom stereocenters. The van der Waals surface area contributed by atoms with Gasteiger partial charge in [-0.05, 0) is 49.6 Å². The molecule has 3 aromatic rings. The maximum Gasteiger partial charge on any atom is 0.291 e. The molecule has 1 aliphatic rings. The summed E-state index contributed by atoms with van der Waals surface area (Å²) in [7, 11) is 0. The Hall–Kier alpha value is -2.18. The molecule has 2 aromatic carbocycles. The van der Waals surface area contributed by atoms with Crippen LogP contribution in [0.5, 0.6) is 0 Å². The maximum atomic E-state index is 12.8. The van der Waals surface area contributed by atoms with E-state index in [1.807, 2.05) is 49.4 Å². The van der Waals surface area contributed by atoms with Crippen molar-refractivity contribution in [2.75, 3.05) is 0 Å². The largest absolute Gasteiger partial charge is 0.347 e. The Labute approximate surface area is 183 Å². The summed E-state index contributed by atoms with van der Waals surface area (Å²) in [4.78, 5) is 17.4. The van der Waals surface area contributed by atoms with Gasteiger partial charge in [-0.15, -0.1) is 5.10 Å². The summed E-state index contributed by atoms with van der Waals surface area (Å²) >= 11 is 9.79. The van der Waals surface area contributed by atoms with Gasteiger partial charge >= 0.3 is 0 Å². The molecule has 1 fully saturated rings. The number of amides is 1. The lowest BCUT2D eigenvalue weighted by Gasteiger charge is -2.21. The molecule has 150 valence electrons. The van der Waals surface area contributed by atoms with Gasteiger partial charge in [0.2, 0.25) is 5.82 Å². The van der Waals surface area contributed by atoms with E-state index >= 15 is 0 Å². The fourth-order valence-electron chi connectivity index (χ4n) is 3.58. The summed E-state index contributed by atoms with van der Waals surface area (Å²) < 4.78 is 2.66. The van der Waals surface area contributed by atoms with Gasteiger partial charge in [0.25, 0.3) is 5.91 Å². The molecule has 1 heterocycles. The number of nitrogens with zero attached hydrogens (tertiary/aromatic N) is 3. The van der Waals surface area contributed by atoms with Crippen LogP contribution >= 0.6 is 27.5 Å². The van der Waals surface area contributed by atoms with Gasteiger partial charge in [0.1, 0.15) is 0 Å². The number of rotatable bonds is 4. The van der Waals surface area contributed by atoms with Crippen molar-refractivity contribution < 1.29 is 4.79 Å². The average Bonchev–Trinajstić information content (AvgIpc) is 3.17. The lowest BCUT2D eigenvalue weighted by atomic mass is 9.95. The van der Waals surface area contributed by atoms with E-state index in [4.69, 9.17) is 11.6 Å². The fourth-order valence-corrected chi connectivity index (χ4v) is 4.02. The highest BCUT2D eigenvalue weighted by atomic mass is 79.9. The predicted molar refractivity (Wildman–Crippen MR) is 119 cm³/mol. The molecule has 1 saturated carbocycles. The molecule has 1 aromatic heterocycles. The second-order valence-electron chi connectivity index (χ2n) is 7.42. The van der Waals surface area contributed by atoms with Crippen LogP contribution in [0, 0.1) is 6.92 Å². The number of aromatic nitrogens is 3. The van der Waals surface area contributed by atoms with Crippen molar-refractivity contribution in [2.24, 2.45) is 0 Å². The molecule has 29 heavy (non-hydrogen) atoms. The molecule has 5 nitrogen and oxygen atoms in total. The molecule has 7 heteroatoms. The third kappa shape index (κ3) is 4.54. The zero-order valence-electron chi connectivity index (χ0n) is 16.2. The van der Waals surface area contributed by atoms with E-state index in [-0.39, 0.29) is 17.8 Å². The normalized spacial score (nSPS) is 14.7. The molecule has 0 bridgehead atoms. The quantitative estimate of drug-likeness (QED) is 0.527. The molecule has 1 amide bonds. The van der Waals surface area contributed by atoms with Crippen molar-refractivity contribution in [3.63, 3.8) is 0 Å². The van der Waals surface area contributed by atoms with E-state index in [9.17, 15) is 4.79 Å². The smallest absolute Gasteiger partial charge is 0.291 e. The highest BCUT2D eigenvalue weighted by molar-refractivity contribution is 9.10. The first-order chi connectivity index (χ1) is 14.0. The Kier molecular flexibility index (Phi) is 6.01. The van der Waals surface area contributed by atoms with Crippen molar-refractivity contribution in [2.45, 2.75) is 45.1 Å². The number of halogens is 2. The number of hydrogen-bond acceptors (Lipinski definition) is 3. The molecule has 4 rings (SSSR count). The van der Waals surface area contributed by atoms with Gasteiger partial charge in [-0.1, -0.05) is 65.0 Å². The fraction of sp³-hybridized carbons (Fsp3) is 0.318. The first-order valence-corrected chi connectivity index (χ1v) is 11.0. The van der Waals surface area contributed by atoms with Crippen molar-refractivity contribution >= 4 is 33.4 Å². The lowest BCUT2D eigenvalue weighted by Crippen LogP contribution is -2.36. The van der Waals surface area contributed by atoms with E-state index in [0.29, 0.717) is 10.8 Å². The van der Waals surface area contributed by atoms with Crippen LogP contribution in [-0.4, -0.2) is 26.7 Å². The minimum absolute atomic E-state index is 0.171. The van der Waals surface area contributed by atoms with Crippen LogP contribution in [0.15, 0.2) is 46.9 Å². The Bertz CT molecular complexity index is 1030. The summed E-state index contributed by atoms with van der Waals surface area (Å²) in [5.41, 5.74) is 2.62. The highest BCUT2D eigenvalue weighted by Gasteiger charge is 2.22. The standard InChI is InChI=1S/C22H22BrClN4O/c1-14-7-12-18(13-19(14)24)28-21(15-8-10-16(23)11-9-15)26-20(27-28)22(29)25-17-5-3-2-4-6-17/h7-13,17H,2-6H2,1H3,(H,25,29). The summed E-state index contributed by atoms with van der Waals surface area (Å²) in [6, 6.07) is 13.7. The Morgan fingerprint density at radius 3 is 2.55 bits per heavy atom. The van der Waals surface area contributed by atoms with Crippen LogP contribution in [-0.2, 0) is 0 Å². The zero-order chi connectivity index (χ0) is 20.4. The Morgan fingerprint density at radius 2 is 1.86 bits per heavy atom. The van der Waals surface area contributed by atoms with Crippen molar-refractivity contribution in [3.8, 4) is 17.1 Å². The van der Waals surface area contributed by atoms with Gasteiger partial charge in [-0.2, -0.15) is 0 Å². The summed E-state index contributed by atoms with van der Waals surface area (Å²) in [5.74, 6) is 0.545. The van der Waals surface area contributed by atoms with Crippen LogP contribution in [0.25, 0.3) is 17.1 Å². The number of carbonyl (C=O) groups is 1. The van der Waals surface area contributed by atoms with E-state index in [0.717, 1.165) is 47.0 Å². The van der Waals surface area contributed by atoms with E-state index < -0.39 is 0 Å². The lowest BCUT2D eigenvalue weighted by molar-refractivity contribution is 0.0917. The monoisotopic (exact) mass is 472 g/mol. The molecule has 0 spiro atoms. The van der Waals surface area contributed by atoms with Gasteiger partial charge in [-0.3, -0.25) is 4.79 Å². The number of carbonyl (C=O) groups excluding carboxylic acids is 1. The topological polar surface area (TPSA) is 59.8 Å². The second kappa shape index (κ2) is 8.67.